The predicted octanol–water partition coefficient (Wildman–Crippen LogP) is 2.45. The summed E-state index contributed by atoms with van der Waals surface area (Å²) in [6.45, 7) is 5.95. The number of hydrogen-bond donors (Lipinski definition) is 0. The van der Waals surface area contributed by atoms with Crippen molar-refractivity contribution in [1.29, 1.82) is 0 Å². The highest BCUT2D eigenvalue weighted by Crippen LogP contribution is 2.22. The van der Waals surface area contributed by atoms with E-state index >= 15 is 0 Å². The molecule has 0 N–H and O–H groups in total. The van der Waals surface area contributed by atoms with Crippen LogP contribution >= 0.6 is 0 Å². The fourth-order valence-corrected chi connectivity index (χ4v) is 3.21. The second-order valence-electron chi connectivity index (χ2n) is 6.50. The molecule has 2 saturated heterocycles. The van der Waals surface area contributed by atoms with E-state index in [0.29, 0.717) is 25.1 Å². The Morgan fingerprint density at radius 3 is 2.61 bits per heavy atom. The lowest BCUT2D eigenvalue weighted by molar-refractivity contribution is -0.119. The SMILES string of the molecule is CC1CN(C(=O)c2ccc(N3CCCCC3=O)cc2)C(C)CO1. The zero-order valence-corrected chi connectivity index (χ0v) is 13.8. The number of carbonyl (C=O) groups is 2. The summed E-state index contributed by atoms with van der Waals surface area (Å²) in [5.74, 6) is 0.204. The van der Waals surface area contributed by atoms with Crippen LogP contribution in [0.2, 0.25) is 0 Å². The Morgan fingerprint density at radius 1 is 1.17 bits per heavy atom. The van der Waals surface area contributed by atoms with E-state index in [1.807, 2.05) is 47.9 Å². The molecule has 124 valence electrons. The molecule has 2 unspecified atom stereocenters. The van der Waals surface area contributed by atoms with Crippen LogP contribution in [0, 0.1) is 0 Å². The average molecular weight is 316 g/mol. The molecule has 2 aliphatic heterocycles. The summed E-state index contributed by atoms with van der Waals surface area (Å²) in [6.07, 6.45) is 2.69. The van der Waals surface area contributed by atoms with Crippen LogP contribution in [0.1, 0.15) is 43.5 Å². The first-order valence-electron chi connectivity index (χ1n) is 8.39. The van der Waals surface area contributed by atoms with Gasteiger partial charge in [-0.2, -0.15) is 0 Å². The lowest BCUT2D eigenvalue weighted by Crippen LogP contribution is -2.50. The summed E-state index contributed by atoms with van der Waals surface area (Å²) in [4.78, 5) is 28.4. The van der Waals surface area contributed by atoms with Crippen molar-refractivity contribution >= 4 is 17.5 Å². The number of hydrogen-bond acceptors (Lipinski definition) is 3. The topological polar surface area (TPSA) is 49.9 Å². The van der Waals surface area contributed by atoms with Crippen LogP contribution in [0.4, 0.5) is 5.69 Å². The highest BCUT2D eigenvalue weighted by atomic mass is 16.5. The first kappa shape index (κ1) is 16.0. The normalized spacial score (nSPS) is 25.6. The highest BCUT2D eigenvalue weighted by Gasteiger charge is 2.28. The standard InChI is InChI=1S/C18H24N2O3/c1-13-12-23-14(2)11-20(13)18(22)15-6-8-16(9-7-15)19-10-4-3-5-17(19)21/h6-9,13-14H,3-5,10-12H2,1-2H3. The molecule has 0 radical (unpaired) electrons. The number of amides is 2. The zero-order valence-electron chi connectivity index (χ0n) is 13.8. The van der Waals surface area contributed by atoms with Crippen LogP contribution in [0.15, 0.2) is 24.3 Å². The summed E-state index contributed by atoms with van der Waals surface area (Å²) in [7, 11) is 0. The fourth-order valence-electron chi connectivity index (χ4n) is 3.21. The minimum atomic E-state index is 0.0316. The minimum Gasteiger partial charge on any atom is -0.375 e. The van der Waals surface area contributed by atoms with Gasteiger partial charge in [-0.15, -0.1) is 0 Å². The summed E-state index contributed by atoms with van der Waals surface area (Å²) in [5.41, 5.74) is 1.55. The van der Waals surface area contributed by atoms with Crippen molar-refractivity contribution in [2.45, 2.75) is 45.3 Å². The van der Waals surface area contributed by atoms with Gasteiger partial charge in [0.1, 0.15) is 0 Å². The van der Waals surface area contributed by atoms with E-state index in [1.54, 1.807) is 0 Å². The number of nitrogens with zero attached hydrogens (tertiary/aromatic N) is 2. The van der Waals surface area contributed by atoms with Crippen molar-refractivity contribution in [2.24, 2.45) is 0 Å². The first-order valence-corrected chi connectivity index (χ1v) is 8.39. The van der Waals surface area contributed by atoms with Crippen LogP contribution in [0.3, 0.4) is 0 Å². The molecule has 0 aromatic heterocycles. The summed E-state index contributed by atoms with van der Waals surface area (Å²) >= 11 is 0. The Kier molecular flexibility index (Phi) is 4.66. The second-order valence-corrected chi connectivity index (χ2v) is 6.50. The van der Waals surface area contributed by atoms with E-state index < -0.39 is 0 Å². The Hall–Kier alpha value is -1.88. The molecule has 2 fully saturated rings. The molecule has 2 amide bonds. The lowest BCUT2D eigenvalue weighted by Gasteiger charge is -2.37. The maximum Gasteiger partial charge on any atom is 0.254 e. The van der Waals surface area contributed by atoms with Gasteiger partial charge in [-0.05, 0) is 51.0 Å². The van der Waals surface area contributed by atoms with Crippen LogP contribution in [0.25, 0.3) is 0 Å². The Labute approximate surface area is 137 Å². The zero-order chi connectivity index (χ0) is 16.4. The number of rotatable bonds is 2. The number of ether oxygens (including phenoxy) is 1. The molecule has 5 nitrogen and oxygen atoms in total. The third-order valence-electron chi connectivity index (χ3n) is 4.62. The molecular weight excluding hydrogens is 292 g/mol. The number of anilines is 1. The van der Waals surface area contributed by atoms with Crippen molar-refractivity contribution in [1.82, 2.24) is 4.90 Å². The quantitative estimate of drug-likeness (QED) is 0.842. The summed E-state index contributed by atoms with van der Waals surface area (Å²) in [6, 6.07) is 7.50. The molecule has 23 heavy (non-hydrogen) atoms. The molecule has 0 saturated carbocycles. The van der Waals surface area contributed by atoms with Crippen molar-refractivity contribution in [3.63, 3.8) is 0 Å². The van der Waals surface area contributed by atoms with Gasteiger partial charge in [-0.1, -0.05) is 0 Å². The number of piperidine rings is 1. The van der Waals surface area contributed by atoms with Crippen molar-refractivity contribution in [3.8, 4) is 0 Å². The van der Waals surface area contributed by atoms with E-state index in [0.717, 1.165) is 25.1 Å². The summed E-state index contributed by atoms with van der Waals surface area (Å²) in [5, 5.41) is 0. The molecular formula is C18H24N2O3. The third kappa shape index (κ3) is 3.39. The van der Waals surface area contributed by atoms with Gasteiger partial charge >= 0.3 is 0 Å². The van der Waals surface area contributed by atoms with Gasteiger partial charge in [0.05, 0.1) is 18.8 Å². The van der Waals surface area contributed by atoms with Gasteiger partial charge in [0.15, 0.2) is 0 Å². The molecule has 0 bridgehead atoms. The molecule has 2 heterocycles. The van der Waals surface area contributed by atoms with Gasteiger partial charge in [0, 0.05) is 30.8 Å². The average Bonchev–Trinajstić information content (AvgIpc) is 2.57. The van der Waals surface area contributed by atoms with E-state index in [2.05, 4.69) is 0 Å². The molecule has 1 aromatic rings. The Balaban J connectivity index is 1.73. The number of benzene rings is 1. The lowest BCUT2D eigenvalue weighted by atomic mass is 10.1. The van der Waals surface area contributed by atoms with Crippen LogP contribution < -0.4 is 4.90 Å². The van der Waals surface area contributed by atoms with Crippen molar-refractivity contribution in [2.75, 3.05) is 24.6 Å². The van der Waals surface area contributed by atoms with E-state index in [1.165, 1.54) is 0 Å². The van der Waals surface area contributed by atoms with Gasteiger partial charge < -0.3 is 14.5 Å². The van der Waals surface area contributed by atoms with Crippen LogP contribution in [-0.4, -0.2) is 48.6 Å². The van der Waals surface area contributed by atoms with Crippen molar-refractivity contribution in [3.05, 3.63) is 29.8 Å². The van der Waals surface area contributed by atoms with Gasteiger partial charge in [-0.25, -0.2) is 0 Å². The largest absolute Gasteiger partial charge is 0.375 e. The molecule has 0 aliphatic carbocycles. The van der Waals surface area contributed by atoms with Crippen LogP contribution in [0.5, 0.6) is 0 Å². The number of morpholine rings is 1. The van der Waals surface area contributed by atoms with Gasteiger partial charge in [0.25, 0.3) is 5.91 Å². The molecule has 3 rings (SSSR count). The number of carbonyl (C=O) groups excluding carboxylic acids is 2. The van der Waals surface area contributed by atoms with E-state index in [9.17, 15) is 9.59 Å². The summed E-state index contributed by atoms with van der Waals surface area (Å²) < 4.78 is 5.58. The van der Waals surface area contributed by atoms with Gasteiger partial charge in [0.2, 0.25) is 5.91 Å². The third-order valence-corrected chi connectivity index (χ3v) is 4.62. The van der Waals surface area contributed by atoms with E-state index in [-0.39, 0.29) is 24.0 Å². The second kappa shape index (κ2) is 6.71. The molecule has 0 spiro atoms. The molecule has 2 aliphatic rings. The monoisotopic (exact) mass is 316 g/mol. The van der Waals surface area contributed by atoms with Crippen LogP contribution in [-0.2, 0) is 9.53 Å². The Bertz CT molecular complexity index is 584. The smallest absolute Gasteiger partial charge is 0.254 e. The van der Waals surface area contributed by atoms with E-state index in [4.69, 9.17) is 4.74 Å². The molecule has 2 atom stereocenters. The predicted molar refractivity (Wildman–Crippen MR) is 88.6 cm³/mol. The minimum absolute atomic E-state index is 0.0316. The first-order chi connectivity index (χ1) is 11.1. The fraction of sp³-hybridized carbons (Fsp3) is 0.556. The molecule has 1 aromatic carbocycles. The Morgan fingerprint density at radius 2 is 1.91 bits per heavy atom. The van der Waals surface area contributed by atoms with Gasteiger partial charge in [-0.3, -0.25) is 9.59 Å². The maximum absolute atomic E-state index is 12.7. The maximum atomic E-state index is 12.7. The van der Waals surface area contributed by atoms with Crippen molar-refractivity contribution < 1.29 is 14.3 Å². The highest BCUT2D eigenvalue weighted by molar-refractivity contribution is 5.97. The molecule has 5 heteroatoms.